The smallest absolute Gasteiger partial charge is 0.343 e. The van der Waals surface area contributed by atoms with Crippen LogP contribution in [0.1, 0.15) is 62.5 Å². The van der Waals surface area contributed by atoms with E-state index in [1.165, 1.54) is 11.8 Å². The topological polar surface area (TPSA) is 77.0 Å². The molecule has 0 aromatic heterocycles. The van der Waals surface area contributed by atoms with Crippen LogP contribution in [0.4, 0.5) is 0 Å². The number of esters is 1. The Bertz CT molecular complexity index is 1260. The Morgan fingerprint density at radius 3 is 2.30 bits per heavy atom. The second kappa shape index (κ2) is 12.2. The Kier molecular flexibility index (Phi) is 9.27. The second-order valence-electron chi connectivity index (χ2n) is 10.7. The molecule has 0 spiro atoms. The molecule has 37 heavy (non-hydrogen) atoms. The molecule has 0 heterocycles. The van der Waals surface area contributed by atoms with Gasteiger partial charge in [-0.05, 0) is 70.8 Å². The predicted molar refractivity (Wildman–Crippen MR) is 150 cm³/mol. The number of halogens is 1. The molecule has 0 fully saturated rings. The van der Waals surface area contributed by atoms with Gasteiger partial charge in [0.1, 0.15) is 11.5 Å². The maximum Gasteiger partial charge on any atom is 0.343 e. The van der Waals surface area contributed by atoms with E-state index in [0.29, 0.717) is 22.6 Å². The fraction of sp³-hybridized carbons (Fsp3) is 0.300. The van der Waals surface area contributed by atoms with Gasteiger partial charge in [-0.3, -0.25) is 4.79 Å². The van der Waals surface area contributed by atoms with Crippen LogP contribution in [0, 0.1) is 5.41 Å². The number of nitrogens with zero attached hydrogens (tertiary/aromatic N) is 1. The summed E-state index contributed by atoms with van der Waals surface area (Å²) in [5.41, 5.74) is 5.04. The first-order valence-corrected chi connectivity index (χ1v) is 12.8. The van der Waals surface area contributed by atoms with Crippen LogP contribution in [-0.4, -0.2) is 24.7 Å². The predicted octanol–water partition coefficient (Wildman–Crippen LogP) is 6.91. The monoisotopic (exact) mass is 564 g/mol. The molecule has 0 aliphatic heterocycles. The summed E-state index contributed by atoms with van der Waals surface area (Å²) < 4.78 is 11.8. The molecule has 0 atom stereocenters. The van der Waals surface area contributed by atoms with E-state index in [0.717, 1.165) is 10.9 Å². The minimum absolute atomic E-state index is 0.0389. The first-order chi connectivity index (χ1) is 17.4. The van der Waals surface area contributed by atoms with Gasteiger partial charge in [-0.1, -0.05) is 80.9 Å². The highest BCUT2D eigenvalue weighted by molar-refractivity contribution is 9.10. The molecular formula is C30H33BrN2O4. The highest BCUT2D eigenvalue weighted by Gasteiger charge is 2.27. The van der Waals surface area contributed by atoms with Gasteiger partial charge >= 0.3 is 5.97 Å². The van der Waals surface area contributed by atoms with Crippen molar-refractivity contribution in [2.24, 2.45) is 10.5 Å². The molecule has 1 amide bonds. The van der Waals surface area contributed by atoms with Gasteiger partial charge < -0.3 is 9.47 Å². The SMILES string of the molecule is CC(C)(C)CC(C)(C)c1ccc(OCC(=O)NN=Cc2cccc(OC(=O)c3cccc(Br)c3)c2)cc1. The molecule has 3 aromatic rings. The van der Waals surface area contributed by atoms with Crippen LogP contribution in [0.5, 0.6) is 11.5 Å². The van der Waals surface area contributed by atoms with Crippen LogP contribution in [-0.2, 0) is 10.2 Å². The number of ether oxygens (including phenoxy) is 2. The van der Waals surface area contributed by atoms with Crippen molar-refractivity contribution in [3.8, 4) is 11.5 Å². The number of hydrogen-bond donors (Lipinski definition) is 1. The van der Waals surface area contributed by atoms with Crippen molar-refractivity contribution in [1.82, 2.24) is 5.43 Å². The van der Waals surface area contributed by atoms with Crippen LogP contribution < -0.4 is 14.9 Å². The van der Waals surface area contributed by atoms with E-state index < -0.39 is 5.97 Å². The number of nitrogens with one attached hydrogen (secondary N) is 1. The average molecular weight is 566 g/mol. The molecule has 194 valence electrons. The largest absolute Gasteiger partial charge is 0.484 e. The molecule has 7 heteroatoms. The summed E-state index contributed by atoms with van der Waals surface area (Å²) in [6, 6.07) is 21.7. The van der Waals surface area contributed by atoms with Gasteiger partial charge in [0.15, 0.2) is 6.61 Å². The van der Waals surface area contributed by atoms with Crippen LogP contribution in [0.3, 0.4) is 0 Å². The van der Waals surface area contributed by atoms with Gasteiger partial charge in [0.05, 0.1) is 11.8 Å². The number of carbonyl (C=O) groups is 2. The Balaban J connectivity index is 1.49. The first-order valence-electron chi connectivity index (χ1n) is 12.0. The zero-order valence-electron chi connectivity index (χ0n) is 21.9. The fourth-order valence-electron chi connectivity index (χ4n) is 4.23. The van der Waals surface area contributed by atoms with Crippen LogP contribution in [0.15, 0.2) is 82.4 Å². The van der Waals surface area contributed by atoms with Gasteiger partial charge in [0, 0.05) is 4.47 Å². The highest BCUT2D eigenvalue weighted by atomic mass is 79.9. The molecule has 0 saturated carbocycles. The summed E-state index contributed by atoms with van der Waals surface area (Å²) in [4.78, 5) is 24.5. The lowest BCUT2D eigenvalue weighted by Crippen LogP contribution is -2.25. The number of hydrogen-bond acceptors (Lipinski definition) is 5. The van der Waals surface area contributed by atoms with E-state index in [-0.39, 0.29) is 23.3 Å². The third kappa shape index (κ3) is 9.17. The van der Waals surface area contributed by atoms with Gasteiger partial charge in [0.2, 0.25) is 0 Å². The lowest BCUT2D eigenvalue weighted by Gasteiger charge is -2.33. The number of hydrazone groups is 1. The molecular weight excluding hydrogens is 532 g/mol. The second-order valence-corrected chi connectivity index (χ2v) is 11.6. The van der Waals surface area contributed by atoms with Gasteiger partial charge in [-0.25, -0.2) is 10.2 Å². The minimum atomic E-state index is -0.466. The lowest BCUT2D eigenvalue weighted by atomic mass is 9.72. The average Bonchev–Trinajstić information content (AvgIpc) is 2.82. The van der Waals surface area contributed by atoms with Crippen LogP contribution in [0.25, 0.3) is 0 Å². The summed E-state index contributed by atoms with van der Waals surface area (Å²) in [6.07, 6.45) is 2.53. The maximum atomic E-state index is 12.3. The van der Waals surface area contributed by atoms with E-state index in [2.05, 4.69) is 61.1 Å². The Morgan fingerprint density at radius 2 is 1.62 bits per heavy atom. The zero-order valence-corrected chi connectivity index (χ0v) is 23.5. The van der Waals surface area contributed by atoms with Crippen molar-refractivity contribution in [2.75, 3.05) is 6.61 Å². The van der Waals surface area contributed by atoms with Gasteiger partial charge in [0.25, 0.3) is 5.91 Å². The standard InChI is InChI=1S/C30H33BrN2O4/c1-29(2,3)20-30(4,5)23-12-14-25(15-13-23)36-19-27(34)33-32-18-21-8-6-11-26(16-21)37-28(35)22-9-7-10-24(31)17-22/h6-18H,19-20H2,1-5H3,(H,33,34). The van der Waals surface area contributed by atoms with E-state index in [9.17, 15) is 9.59 Å². The minimum Gasteiger partial charge on any atom is -0.484 e. The molecule has 6 nitrogen and oxygen atoms in total. The maximum absolute atomic E-state index is 12.3. The van der Waals surface area contributed by atoms with Gasteiger partial charge in [-0.2, -0.15) is 5.10 Å². The highest BCUT2D eigenvalue weighted by Crippen LogP contribution is 2.36. The van der Waals surface area contributed by atoms with Crippen molar-refractivity contribution < 1.29 is 19.1 Å². The number of amides is 1. The third-order valence-corrected chi connectivity index (χ3v) is 6.00. The molecule has 1 N–H and O–H groups in total. The first kappa shape index (κ1) is 28.1. The number of rotatable bonds is 9. The summed E-state index contributed by atoms with van der Waals surface area (Å²) in [5.74, 6) is 0.143. The van der Waals surface area contributed by atoms with Crippen molar-refractivity contribution in [1.29, 1.82) is 0 Å². The number of carbonyl (C=O) groups excluding carboxylic acids is 2. The van der Waals surface area contributed by atoms with E-state index >= 15 is 0 Å². The third-order valence-electron chi connectivity index (χ3n) is 5.51. The van der Waals surface area contributed by atoms with E-state index in [1.807, 2.05) is 30.3 Å². The molecule has 3 aromatic carbocycles. The van der Waals surface area contributed by atoms with Gasteiger partial charge in [-0.15, -0.1) is 0 Å². The summed E-state index contributed by atoms with van der Waals surface area (Å²) in [5, 5.41) is 3.97. The Labute approximate surface area is 227 Å². The van der Waals surface area contributed by atoms with Crippen molar-refractivity contribution in [3.63, 3.8) is 0 Å². The molecule has 0 aliphatic carbocycles. The normalized spacial score (nSPS) is 11.8. The van der Waals surface area contributed by atoms with Crippen molar-refractivity contribution in [2.45, 2.75) is 46.5 Å². The molecule has 0 unspecified atom stereocenters. The Morgan fingerprint density at radius 1 is 0.919 bits per heavy atom. The van der Waals surface area contributed by atoms with Crippen LogP contribution >= 0.6 is 15.9 Å². The zero-order chi connectivity index (χ0) is 27.1. The molecule has 0 radical (unpaired) electrons. The summed E-state index contributed by atoms with van der Waals surface area (Å²) in [6.45, 7) is 11.0. The van der Waals surface area contributed by atoms with E-state index in [1.54, 1.807) is 42.5 Å². The molecule has 0 aliphatic rings. The molecule has 0 saturated heterocycles. The van der Waals surface area contributed by atoms with E-state index in [4.69, 9.17) is 9.47 Å². The van der Waals surface area contributed by atoms with Crippen molar-refractivity contribution >= 4 is 34.0 Å². The number of benzene rings is 3. The Hall–Kier alpha value is -3.45. The lowest BCUT2D eigenvalue weighted by molar-refractivity contribution is -0.123. The van der Waals surface area contributed by atoms with Crippen LogP contribution in [0.2, 0.25) is 0 Å². The quantitative estimate of drug-likeness (QED) is 0.132. The molecule has 3 rings (SSSR count). The summed E-state index contributed by atoms with van der Waals surface area (Å²) in [7, 11) is 0. The summed E-state index contributed by atoms with van der Waals surface area (Å²) >= 11 is 3.34. The molecule has 0 bridgehead atoms. The fourth-order valence-corrected chi connectivity index (χ4v) is 4.63. The van der Waals surface area contributed by atoms with Crippen molar-refractivity contribution in [3.05, 3.63) is 94.0 Å².